The van der Waals surface area contributed by atoms with Crippen molar-refractivity contribution in [2.75, 3.05) is 19.8 Å². The Balaban J connectivity index is 1.83. The summed E-state index contributed by atoms with van der Waals surface area (Å²) < 4.78 is 16.8. The smallest absolute Gasteiger partial charge is 0.305 e. The van der Waals surface area contributed by atoms with E-state index in [1.165, 1.54) is 360 Å². The van der Waals surface area contributed by atoms with E-state index in [4.69, 9.17) is 14.2 Å². The molecule has 93 heavy (non-hydrogen) atoms. The second-order valence-corrected chi connectivity index (χ2v) is 29.2. The first kappa shape index (κ1) is 89.4. The second kappa shape index (κ2) is 71.7. The van der Waals surface area contributed by atoms with Crippen LogP contribution in [0.25, 0.3) is 0 Å². The molecule has 11 heteroatoms. The molecule has 0 bridgehead atoms. The Hall–Kier alpha value is -1.60. The van der Waals surface area contributed by atoms with E-state index in [0.717, 1.165) is 51.4 Å². The fourth-order valence-electron chi connectivity index (χ4n) is 13.7. The largest absolute Gasteiger partial charge is 0.466 e. The zero-order valence-electron chi connectivity index (χ0n) is 61.8. The third-order valence-electron chi connectivity index (χ3n) is 20.2. The van der Waals surface area contributed by atoms with E-state index in [1.54, 1.807) is 6.08 Å². The van der Waals surface area contributed by atoms with Crippen molar-refractivity contribution in [3.05, 3.63) is 12.2 Å². The molecule has 1 rings (SSSR count). The van der Waals surface area contributed by atoms with Gasteiger partial charge in [0.15, 0.2) is 6.29 Å². The molecular weight excluding hydrogens is 1160 g/mol. The molecule has 552 valence electrons. The first-order valence-electron chi connectivity index (χ1n) is 41.5. The van der Waals surface area contributed by atoms with E-state index in [-0.39, 0.29) is 18.5 Å². The lowest BCUT2D eigenvalue weighted by molar-refractivity contribution is -0.302. The highest BCUT2D eigenvalue weighted by Gasteiger charge is 2.44. The minimum Gasteiger partial charge on any atom is -0.466 e. The van der Waals surface area contributed by atoms with Crippen LogP contribution in [0.15, 0.2) is 12.2 Å². The number of amides is 1. The molecule has 11 nitrogen and oxygen atoms in total. The first-order valence-corrected chi connectivity index (χ1v) is 41.5. The van der Waals surface area contributed by atoms with Crippen LogP contribution in [0, 0.1) is 0 Å². The zero-order valence-corrected chi connectivity index (χ0v) is 61.8. The van der Waals surface area contributed by atoms with Crippen LogP contribution >= 0.6 is 0 Å². The van der Waals surface area contributed by atoms with Gasteiger partial charge in [-0.15, -0.1) is 0 Å². The number of nitrogens with one attached hydrogen (secondary N) is 1. The highest BCUT2D eigenvalue weighted by Crippen LogP contribution is 2.24. The van der Waals surface area contributed by atoms with Gasteiger partial charge in [-0.2, -0.15) is 0 Å². The third-order valence-corrected chi connectivity index (χ3v) is 20.2. The van der Waals surface area contributed by atoms with Crippen molar-refractivity contribution in [2.45, 2.75) is 480 Å². The number of hydrogen-bond donors (Lipinski definition) is 6. The van der Waals surface area contributed by atoms with Crippen molar-refractivity contribution < 1.29 is 49.3 Å². The topological polar surface area (TPSA) is 175 Å². The summed E-state index contributed by atoms with van der Waals surface area (Å²) >= 11 is 0. The molecule has 0 aromatic heterocycles. The molecule has 1 amide bonds. The highest BCUT2D eigenvalue weighted by atomic mass is 16.7. The van der Waals surface area contributed by atoms with Crippen LogP contribution in [-0.2, 0) is 23.8 Å². The van der Waals surface area contributed by atoms with E-state index in [1.807, 2.05) is 6.08 Å². The lowest BCUT2D eigenvalue weighted by atomic mass is 9.99. The average Bonchev–Trinajstić information content (AvgIpc) is 0.887. The van der Waals surface area contributed by atoms with Gasteiger partial charge < -0.3 is 45.1 Å². The predicted octanol–water partition coefficient (Wildman–Crippen LogP) is 22.5. The van der Waals surface area contributed by atoms with Crippen LogP contribution in [0.5, 0.6) is 0 Å². The SMILES string of the molecule is CCCCCCCCCC/C=C/C(O)C(COC1OC(CO)C(O)C(O)C1O)NC(=O)CCCCCCCCCCCCCCCCCCCCCCCCCCCCCCCCCCCCCCCCCOC(=O)CCCCCCCCCCCCCCCCCC. The molecule has 7 atom stereocenters. The zero-order chi connectivity index (χ0) is 67.2. The van der Waals surface area contributed by atoms with Gasteiger partial charge in [0.25, 0.3) is 0 Å². The molecule has 1 heterocycles. The molecule has 1 aliphatic rings. The van der Waals surface area contributed by atoms with Gasteiger partial charge in [-0.25, -0.2) is 0 Å². The van der Waals surface area contributed by atoms with Crippen LogP contribution in [0.3, 0.4) is 0 Å². The van der Waals surface area contributed by atoms with Gasteiger partial charge in [-0.1, -0.05) is 405 Å². The number of hydrogen-bond acceptors (Lipinski definition) is 10. The number of ether oxygens (including phenoxy) is 3. The monoisotopic (exact) mass is 1320 g/mol. The Labute approximate surface area is 576 Å². The summed E-state index contributed by atoms with van der Waals surface area (Å²) in [6.45, 7) is 4.39. The minimum absolute atomic E-state index is 0.0230. The summed E-state index contributed by atoms with van der Waals surface area (Å²) in [4.78, 5) is 25.2. The second-order valence-electron chi connectivity index (χ2n) is 29.2. The molecule has 6 N–H and O–H groups in total. The molecule has 0 saturated carbocycles. The molecule has 1 aliphatic heterocycles. The standard InChI is InChI=1S/C82H159NO10/c1-3-5-7-9-11-13-15-16-17-44-47-50-54-58-62-66-70-78(87)91-71-67-63-59-55-51-48-45-42-40-38-36-34-32-30-28-26-24-22-20-18-19-21-23-25-27-29-31-33-35-37-39-41-43-46-49-53-57-61-65-69-77(86)83-74(73-92-82-81(90)80(89)79(88)76(72-84)93-82)75(85)68-64-60-56-52-14-12-10-8-6-4-2/h64,68,74-76,79-82,84-85,88-90H,3-63,65-67,69-73H2,1-2H3,(H,83,86)/b68-64+. The summed E-state index contributed by atoms with van der Waals surface area (Å²) in [5.74, 6) is -0.151. The predicted molar refractivity (Wildman–Crippen MR) is 394 cm³/mol. The van der Waals surface area contributed by atoms with E-state index in [0.29, 0.717) is 19.4 Å². The summed E-state index contributed by atoms with van der Waals surface area (Å²) in [7, 11) is 0. The molecular formula is C82H159NO10. The van der Waals surface area contributed by atoms with Gasteiger partial charge in [0.1, 0.15) is 24.4 Å². The Morgan fingerprint density at radius 1 is 0.387 bits per heavy atom. The number of unbranched alkanes of at least 4 members (excludes halogenated alkanes) is 61. The number of carbonyl (C=O) groups excluding carboxylic acids is 2. The van der Waals surface area contributed by atoms with Gasteiger partial charge in [-0.05, 0) is 32.1 Å². The number of aliphatic hydroxyl groups excluding tert-OH is 5. The van der Waals surface area contributed by atoms with Gasteiger partial charge in [0.05, 0.1) is 32.0 Å². The van der Waals surface area contributed by atoms with Gasteiger partial charge in [-0.3, -0.25) is 9.59 Å². The summed E-state index contributed by atoms with van der Waals surface area (Å²) in [5, 5.41) is 54.4. The van der Waals surface area contributed by atoms with E-state index >= 15 is 0 Å². The van der Waals surface area contributed by atoms with E-state index in [2.05, 4.69) is 19.2 Å². The number of rotatable bonds is 75. The van der Waals surface area contributed by atoms with Crippen LogP contribution < -0.4 is 5.32 Å². The summed E-state index contributed by atoms with van der Waals surface area (Å²) in [5.41, 5.74) is 0. The maximum absolute atomic E-state index is 13.1. The number of aliphatic hydroxyl groups is 5. The number of esters is 1. The maximum Gasteiger partial charge on any atom is 0.305 e. The summed E-state index contributed by atoms with van der Waals surface area (Å²) in [6.07, 6.45) is 81.4. The van der Waals surface area contributed by atoms with Gasteiger partial charge >= 0.3 is 5.97 Å². The van der Waals surface area contributed by atoms with E-state index < -0.39 is 49.5 Å². The van der Waals surface area contributed by atoms with Crippen molar-refractivity contribution in [3.63, 3.8) is 0 Å². The molecule has 0 aliphatic carbocycles. The van der Waals surface area contributed by atoms with Crippen molar-refractivity contribution in [2.24, 2.45) is 0 Å². The van der Waals surface area contributed by atoms with Crippen molar-refractivity contribution >= 4 is 11.9 Å². The molecule has 0 radical (unpaired) electrons. The number of carbonyl (C=O) groups is 2. The fourth-order valence-corrected chi connectivity index (χ4v) is 13.7. The van der Waals surface area contributed by atoms with Crippen LogP contribution in [0.4, 0.5) is 0 Å². The minimum atomic E-state index is -1.57. The Bertz CT molecular complexity index is 1550. The normalized spacial score (nSPS) is 17.4. The Morgan fingerprint density at radius 2 is 0.677 bits per heavy atom. The van der Waals surface area contributed by atoms with Crippen molar-refractivity contribution in [3.8, 4) is 0 Å². The molecule has 1 saturated heterocycles. The summed E-state index contributed by atoms with van der Waals surface area (Å²) in [6, 6.07) is -0.803. The third kappa shape index (κ3) is 60.1. The molecule has 0 aromatic carbocycles. The Kier molecular flexibility index (Phi) is 68.9. The molecule has 0 aromatic rings. The number of allylic oxidation sites excluding steroid dienone is 1. The maximum atomic E-state index is 13.1. The lowest BCUT2D eigenvalue weighted by Crippen LogP contribution is -2.60. The Morgan fingerprint density at radius 3 is 1.00 bits per heavy atom. The van der Waals surface area contributed by atoms with Gasteiger partial charge in [0.2, 0.25) is 5.91 Å². The first-order chi connectivity index (χ1) is 45.7. The van der Waals surface area contributed by atoms with Crippen LogP contribution in [0.2, 0.25) is 0 Å². The van der Waals surface area contributed by atoms with Crippen LogP contribution in [-0.4, -0.2) is 100 Å². The highest BCUT2D eigenvalue weighted by molar-refractivity contribution is 5.76. The van der Waals surface area contributed by atoms with Gasteiger partial charge in [0, 0.05) is 12.8 Å². The average molecular weight is 1320 g/mol. The fraction of sp³-hybridized carbons (Fsp3) is 0.951. The van der Waals surface area contributed by atoms with Crippen LogP contribution in [0.1, 0.15) is 438 Å². The van der Waals surface area contributed by atoms with Crippen molar-refractivity contribution in [1.82, 2.24) is 5.32 Å². The van der Waals surface area contributed by atoms with Crippen molar-refractivity contribution in [1.29, 1.82) is 0 Å². The molecule has 7 unspecified atom stereocenters. The quantitative estimate of drug-likeness (QED) is 0.0195. The molecule has 1 fully saturated rings. The lowest BCUT2D eigenvalue weighted by Gasteiger charge is -2.40. The van der Waals surface area contributed by atoms with E-state index in [9.17, 15) is 35.1 Å². The molecule has 0 spiro atoms.